The van der Waals surface area contributed by atoms with E-state index in [0.717, 1.165) is 38.0 Å². The smallest absolute Gasteiger partial charge is 0.253 e. The topological polar surface area (TPSA) is 44.8 Å². The number of morpholine rings is 1. The summed E-state index contributed by atoms with van der Waals surface area (Å²) in [6.07, 6.45) is 1.59. The van der Waals surface area contributed by atoms with E-state index in [-0.39, 0.29) is 17.6 Å². The lowest BCUT2D eigenvalue weighted by atomic mass is 9.89. The van der Waals surface area contributed by atoms with Crippen LogP contribution in [0.2, 0.25) is 0 Å². The van der Waals surface area contributed by atoms with E-state index in [1.54, 1.807) is 4.90 Å². The van der Waals surface area contributed by atoms with Gasteiger partial charge in [0.05, 0.1) is 5.60 Å². The molecule has 126 valence electrons. The van der Waals surface area contributed by atoms with Crippen LogP contribution in [0.25, 0.3) is 0 Å². The molecule has 23 heavy (non-hydrogen) atoms. The highest BCUT2D eigenvalue weighted by atomic mass is 16.5. The molecule has 1 atom stereocenters. The number of hydrogen-bond donors (Lipinski definition) is 1. The number of benzene rings is 1. The minimum Gasteiger partial charge on any atom is -0.359 e. The van der Waals surface area contributed by atoms with Crippen molar-refractivity contribution in [2.45, 2.75) is 31.1 Å². The second-order valence-electron chi connectivity index (χ2n) is 6.92. The summed E-state index contributed by atoms with van der Waals surface area (Å²) >= 11 is 0. The summed E-state index contributed by atoms with van der Waals surface area (Å²) in [5, 5.41) is 3.38. The van der Waals surface area contributed by atoms with Crippen LogP contribution in [0.3, 0.4) is 0 Å². The van der Waals surface area contributed by atoms with Gasteiger partial charge in [0.2, 0.25) is 0 Å². The SMILES string of the molecule is CN1C[C@H](C(=O)N(C)Cc2ccccc2)OC2(CCNCC2)C1. The summed E-state index contributed by atoms with van der Waals surface area (Å²) in [6, 6.07) is 10.1. The van der Waals surface area contributed by atoms with Gasteiger partial charge < -0.3 is 19.9 Å². The van der Waals surface area contributed by atoms with Crippen LogP contribution in [0.4, 0.5) is 0 Å². The first-order valence-corrected chi connectivity index (χ1v) is 8.44. The number of amides is 1. The molecule has 2 aliphatic rings. The predicted octanol–water partition coefficient (Wildman–Crippen LogP) is 1.10. The Bertz CT molecular complexity index is 528. The average molecular weight is 317 g/mol. The Hall–Kier alpha value is -1.43. The van der Waals surface area contributed by atoms with Crippen molar-refractivity contribution in [3.63, 3.8) is 0 Å². The number of carbonyl (C=O) groups is 1. The molecule has 0 unspecified atom stereocenters. The molecule has 3 rings (SSSR count). The van der Waals surface area contributed by atoms with Crippen molar-refractivity contribution in [1.29, 1.82) is 0 Å². The standard InChI is InChI=1S/C18H27N3O2/c1-20-13-16(23-18(14-20)8-10-19-11-9-18)17(22)21(2)12-15-6-4-3-5-7-15/h3-7,16,19H,8-14H2,1-2H3/t16-/m1/s1. The van der Waals surface area contributed by atoms with Gasteiger partial charge in [-0.25, -0.2) is 0 Å². The average Bonchev–Trinajstić information content (AvgIpc) is 2.55. The third kappa shape index (κ3) is 3.91. The number of hydrogen-bond acceptors (Lipinski definition) is 4. The highest BCUT2D eigenvalue weighted by Gasteiger charge is 2.43. The Labute approximate surface area is 138 Å². The van der Waals surface area contributed by atoms with Crippen molar-refractivity contribution in [1.82, 2.24) is 15.1 Å². The quantitative estimate of drug-likeness (QED) is 0.907. The van der Waals surface area contributed by atoms with Crippen LogP contribution in [-0.4, -0.2) is 67.7 Å². The molecule has 2 saturated heterocycles. The zero-order chi connectivity index (χ0) is 16.3. The summed E-state index contributed by atoms with van der Waals surface area (Å²) in [7, 11) is 3.95. The third-order valence-electron chi connectivity index (χ3n) is 4.86. The molecule has 0 radical (unpaired) electrons. The van der Waals surface area contributed by atoms with Gasteiger partial charge >= 0.3 is 0 Å². The number of rotatable bonds is 3. The molecular weight excluding hydrogens is 290 g/mol. The maximum absolute atomic E-state index is 12.8. The molecule has 2 fully saturated rings. The maximum Gasteiger partial charge on any atom is 0.253 e. The van der Waals surface area contributed by atoms with E-state index in [1.165, 1.54) is 0 Å². The van der Waals surface area contributed by atoms with E-state index in [4.69, 9.17) is 4.74 Å². The van der Waals surface area contributed by atoms with Crippen molar-refractivity contribution >= 4 is 5.91 Å². The van der Waals surface area contributed by atoms with E-state index < -0.39 is 0 Å². The largest absolute Gasteiger partial charge is 0.359 e. The summed E-state index contributed by atoms with van der Waals surface area (Å²) < 4.78 is 6.33. The lowest BCUT2D eigenvalue weighted by Crippen LogP contribution is -2.61. The van der Waals surface area contributed by atoms with E-state index >= 15 is 0 Å². The zero-order valence-corrected chi connectivity index (χ0v) is 14.1. The number of ether oxygens (including phenoxy) is 1. The van der Waals surface area contributed by atoms with Crippen LogP contribution in [-0.2, 0) is 16.1 Å². The zero-order valence-electron chi connectivity index (χ0n) is 14.1. The molecule has 5 nitrogen and oxygen atoms in total. The monoisotopic (exact) mass is 317 g/mol. The molecule has 2 aliphatic heterocycles. The molecule has 2 heterocycles. The number of nitrogens with one attached hydrogen (secondary N) is 1. The lowest BCUT2D eigenvalue weighted by molar-refractivity contribution is -0.183. The number of likely N-dealkylation sites (N-methyl/N-ethyl adjacent to an activating group) is 2. The fourth-order valence-electron chi connectivity index (χ4n) is 3.68. The Morgan fingerprint density at radius 3 is 2.74 bits per heavy atom. The van der Waals surface area contributed by atoms with Crippen molar-refractivity contribution in [3.8, 4) is 0 Å². The van der Waals surface area contributed by atoms with Crippen molar-refractivity contribution < 1.29 is 9.53 Å². The Balaban J connectivity index is 1.65. The molecule has 0 bridgehead atoms. The third-order valence-corrected chi connectivity index (χ3v) is 4.86. The van der Waals surface area contributed by atoms with Crippen LogP contribution in [0, 0.1) is 0 Å². The summed E-state index contributed by atoms with van der Waals surface area (Å²) in [5.74, 6) is 0.0818. The molecule has 1 N–H and O–H groups in total. The molecule has 0 aliphatic carbocycles. The molecule has 1 aromatic carbocycles. The van der Waals surface area contributed by atoms with Crippen molar-refractivity contribution in [2.24, 2.45) is 0 Å². The van der Waals surface area contributed by atoms with Crippen LogP contribution in [0.1, 0.15) is 18.4 Å². The van der Waals surface area contributed by atoms with Gasteiger partial charge in [-0.05, 0) is 38.5 Å². The predicted molar refractivity (Wildman–Crippen MR) is 90.1 cm³/mol. The summed E-state index contributed by atoms with van der Waals surface area (Å²) in [4.78, 5) is 16.9. The molecule has 1 aromatic rings. The first-order chi connectivity index (χ1) is 11.1. The van der Waals surface area contributed by atoms with E-state index in [2.05, 4.69) is 17.3 Å². The highest BCUT2D eigenvalue weighted by Crippen LogP contribution is 2.30. The molecule has 0 aromatic heterocycles. The van der Waals surface area contributed by atoms with Gasteiger partial charge in [-0.1, -0.05) is 30.3 Å². The molecule has 5 heteroatoms. The summed E-state index contributed by atoms with van der Waals surface area (Å²) in [5.41, 5.74) is 0.982. The first-order valence-electron chi connectivity index (χ1n) is 8.44. The van der Waals surface area contributed by atoms with Gasteiger partial charge in [0.15, 0.2) is 0 Å². The minimum atomic E-state index is -0.361. The Morgan fingerprint density at radius 1 is 1.35 bits per heavy atom. The number of piperidine rings is 1. The fourth-order valence-corrected chi connectivity index (χ4v) is 3.68. The number of carbonyl (C=O) groups excluding carboxylic acids is 1. The van der Waals surface area contributed by atoms with Gasteiger partial charge in [-0.15, -0.1) is 0 Å². The number of nitrogens with zero attached hydrogens (tertiary/aromatic N) is 2. The van der Waals surface area contributed by atoms with Gasteiger partial charge in [0.25, 0.3) is 5.91 Å². The van der Waals surface area contributed by atoms with E-state index in [0.29, 0.717) is 13.1 Å². The van der Waals surface area contributed by atoms with Crippen LogP contribution < -0.4 is 5.32 Å². The van der Waals surface area contributed by atoms with Crippen LogP contribution in [0.15, 0.2) is 30.3 Å². The Kier molecular flexibility index (Phi) is 4.99. The van der Waals surface area contributed by atoms with Gasteiger partial charge in [-0.2, -0.15) is 0 Å². The van der Waals surface area contributed by atoms with Gasteiger partial charge in [0, 0.05) is 26.7 Å². The molecule has 1 amide bonds. The van der Waals surface area contributed by atoms with Crippen LogP contribution in [0.5, 0.6) is 0 Å². The van der Waals surface area contributed by atoms with Crippen molar-refractivity contribution in [3.05, 3.63) is 35.9 Å². The Morgan fingerprint density at radius 2 is 2.04 bits per heavy atom. The van der Waals surface area contributed by atoms with E-state index in [9.17, 15) is 4.79 Å². The second kappa shape index (κ2) is 6.99. The van der Waals surface area contributed by atoms with Gasteiger partial charge in [0.1, 0.15) is 6.10 Å². The molecular formula is C18H27N3O2. The second-order valence-corrected chi connectivity index (χ2v) is 6.92. The molecule has 0 saturated carbocycles. The van der Waals surface area contributed by atoms with Crippen LogP contribution >= 0.6 is 0 Å². The lowest BCUT2D eigenvalue weighted by Gasteiger charge is -2.47. The summed E-state index contributed by atoms with van der Waals surface area (Å²) in [6.45, 7) is 4.15. The maximum atomic E-state index is 12.8. The molecule has 1 spiro atoms. The van der Waals surface area contributed by atoms with Gasteiger partial charge in [-0.3, -0.25) is 4.79 Å². The normalized spacial score (nSPS) is 24.5. The van der Waals surface area contributed by atoms with Crippen molar-refractivity contribution in [2.75, 3.05) is 40.3 Å². The minimum absolute atomic E-state index is 0.0818. The fraction of sp³-hybridized carbons (Fsp3) is 0.611. The van der Waals surface area contributed by atoms with E-state index in [1.807, 2.05) is 37.4 Å². The highest BCUT2D eigenvalue weighted by molar-refractivity contribution is 5.81. The first kappa shape index (κ1) is 16.4.